The van der Waals surface area contributed by atoms with E-state index >= 15 is 0 Å². The fourth-order valence-electron chi connectivity index (χ4n) is 1.62. The molecule has 5 N–H and O–H groups in total. The second kappa shape index (κ2) is 5.81. The van der Waals surface area contributed by atoms with Gasteiger partial charge in [0.25, 0.3) is 0 Å². The van der Waals surface area contributed by atoms with E-state index in [9.17, 15) is 9.59 Å². The molecule has 0 saturated heterocycles. The minimum absolute atomic E-state index is 0.0124. The molecule has 6 nitrogen and oxygen atoms in total. The highest BCUT2D eigenvalue weighted by molar-refractivity contribution is 5.95. The smallest absolute Gasteiger partial charge is 0.337 e. The van der Waals surface area contributed by atoms with Crippen LogP contribution in [0.1, 0.15) is 38.1 Å². The van der Waals surface area contributed by atoms with Gasteiger partial charge in [0, 0.05) is 16.9 Å². The summed E-state index contributed by atoms with van der Waals surface area (Å²) in [4.78, 5) is 22.9. The Morgan fingerprint density at radius 3 is 2.40 bits per heavy atom. The van der Waals surface area contributed by atoms with Gasteiger partial charge >= 0.3 is 5.97 Å². The number of carbonyl (C=O) groups excluding carboxylic acids is 1. The van der Waals surface area contributed by atoms with Crippen LogP contribution in [0.3, 0.4) is 0 Å². The van der Waals surface area contributed by atoms with E-state index < -0.39 is 12.0 Å². The van der Waals surface area contributed by atoms with E-state index in [-0.39, 0.29) is 22.7 Å². The molecule has 110 valence electrons. The van der Waals surface area contributed by atoms with Crippen LogP contribution in [0.2, 0.25) is 0 Å². The zero-order valence-corrected chi connectivity index (χ0v) is 12.2. The lowest BCUT2D eigenvalue weighted by Gasteiger charge is -2.24. The summed E-state index contributed by atoms with van der Waals surface area (Å²) >= 11 is 0. The lowest BCUT2D eigenvalue weighted by atomic mass is 10.1. The third-order valence-electron chi connectivity index (χ3n) is 2.56. The van der Waals surface area contributed by atoms with Crippen molar-refractivity contribution in [3.05, 3.63) is 23.8 Å². The number of carbonyl (C=O) groups is 2. The Bertz CT molecular complexity index is 521. The Labute approximate surface area is 118 Å². The molecule has 1 aromatic rings. The standard InChI is InChI=1S/C14H21N3O3/c1-8(12(18)17-14(2,3)4)16-9-5-6-11(15)10(7-9)13(19)20/h5-8,16H,15H2,1-4H3,(H,17,18)(H,19,20). The molecular weight excluding hydrogens is 258 g/mol. The first-order chi connectivity index (χ1) is 9.10. The molecule has 0 spiro atoms. The van der Waals surface area contributed by atoms with Crippen molar-refractivity contribution in [2.24, 2.45) is 0 Å². The lowest BCUT2D eigenvalue weighted by molar-refractivity contribution is -0.122. The number of amides is 1. The summed E-state index contributed by atoms with van der Waals surface area (Å²) in [6, 6.07) is 4.07. The molecule has 0 bridgehead atoms. The van der Waals surface area contributed by atoms with Crippen LogP contribution in [0.15, 0.2) is 18.2 Å². The SMILES string of the molecule is CC(Nc1ccc(N)c(C(=O)O)c1)C(=O)NC(C)(C)C. The molecule has 1 unspecified atom stereocenters. The molecule has 0 saturated carbocycles. The normalized spacial score (nSPS) is 12.6. The quantitative estimate of drug-likeness (QED) is 0.628. The van der Waals surface area contributed by atoms with Crippen LogP contribution < -0.4 is 16.4 Å². The number of hydrogen-bond donors (Lipinski definition) is 4. The third-order valence-corrected chi connectivity index (χ3v) is 2.56. The zero-order valence-electron chi connectivity index (χ0n) is 12.2. The number of nitrogens with one attached hydrogen (secondary N) is 2. The molecule has 1 rings (SSSR count). The molecule has 6 heteroatoms. The molecule has 20 heavy (non-hydrogen) atoms. The van der Waals surface area contributed by atoms with Crippen LogP contribution in [0, 0.1) is 0 Å². The Morgan fingerprint density at radius 1 is 1.30 bits per heavy atom. The van der Waals surface area contributed by atoms with Crippen molar-refractivity contribution >= 4 is 23.3 Å². The summed E-state index contributed by atoms with van der Waals surface area (Å²) in [5.41, 5.74) is 5.99. The first-order valence-corrected chi connectivity index (χ1v) is 6.31. The second-order valence-electron chi connectivity index (χ2n) is 5.71. The predicted molar refractivity (Wildman–Crippen MR) is 78.8 cm³/mol. The number of rotatable bonds is 4. The van der Waals surface area contributed by atoms with Crippen LogP contribution >= 0.6 is 0 Å². The molecule has 0 aliphatic heterocycles. The van der Waals surface area contributed by atoms with Crippen molar-refractivity contribution < 1.29 is 14.7 Å². The number of carboxylic acids is 1. The minimum atomic E-state index is -1.10. The van der Waals surface area contributed by atoms with Gasteiger partial charge in [0.15, 0.2) is 0 Å². The first-order valence-electron chi connectivity index (χ1n) is 6.31. The van der Waals surface area contributed by atoms with Crippen LogP contribution in [-0.4, -0.2) is 28.6 Å². The molecule has 0 fully saturated rings. The summed E-state index contributed by atoms with van der Waals surface area (Å²) in [6.07, 6.45) is 0. The van der Waals surface area contributed by atoms with Crippen molar-refractivity contribution in [3.8, 4) is 0 Å². The Balaban J connectivity index is 2.81. The van der Waals surface area contributed by atoms with Crippen molar-refractivity contribution in [2.75, 3.05) is 11.1 Å². The zero-order chi connectivity index (χ0) is 15.5. The molecule has 0 aromatic heterocycles. The van der Waals surface area contributed by atoms with Gasteiger partial charge in [0.2, 0.25) is 5.91 Å². The van der Waals surface area contributed by atoms with Gasteiger partial charge in [-0.2, -0.15) is 0 Å². The fourth-order valence-corrected chi connectivity index (χ4v) is 1.62. The lowest BCUT2D eigenvalue weighted by Crippen LogP contribution is -2.47. The predicted octanol–water partition coefficient (Wildman–Crippen LogP) is 1.68. The van der Waals surface area contributed by atoms with Gasteiger partial charge < -0.3 is 21.5 Å². The highest BCUT2D eigenvalue weighted by Gasteiger charge is 2.19. The molecule has 0 aliphatic carbocycles. The summed E-state index contributed by atoms with van der Waals surface area (Å²) in [6.45, 7) is 7.38. The van der Waals surface area contributed by atoms with E-state index in [2.05, 4.69) is 10.6 Å². The average Bonchev–Trinajstić information content (AvgIpc) is 2.28. The number of carboxylic acid groups (broad SMARTS) is 1. The van der Waals surface area contributed by atoms with E-state index in [4.69, 9.17) is 10.8 Å². The van der Waals surface area contributed by atoms with Crippen LogP contribution in [0.4, 0.5) is 11.4 Å². The summed E-state index contributed by atoms with van der Waals surface area (Å²) in [5, 5.41) is 14.8. The van der Waals surface area contributed by atoms with Gasteiger partial charge in [0.05, 0.1) is 5.56 Å². The average molecular weight is 279 g/mol. The summed E-state index contributed by atoms with van der Waals surface area (Å²) in [7, 11) is 0. The minimum Gasteiger partial charge on any atom is -0.478 e. The van der Waals surface area contributed by atoms with E-state index in [1.165, 1.54) is 12.1 Å². The number of nitrogens with two attached hydrogens (primary N) is 1. The second-order valence-corrected chi connectivity index (χ2v) is 5.71. The maximum Gasteiger partial charge on any atom is 0.337 e. The molecule has 0 heterocycles. The number of benzene rings is 1. The van der Waals surface area contributed by atoms with Crippen molar-refractivity contribution in [2.45, 2.75) is 39.3 Å². The summed E-state index contributed by atoms with van der Waals surface area (Å²) < 4.78 is 0. The molecule has 1 aromatic carbocycles. The van der Waals surface area contributed by atoms with Gasteiger partial charge in [-0.25, -0.2) is 4.79 Å². The van der Waals surface area contributed by atoms with Gasteiger partial charge in [0.1, 0.15) is 6.04 Å². The van der Waals surface area contributed by atoms with E-state index in [0.29, 0.717) is 5.69 Å². The Hall–Kier alpha value is -2.24. The molecule has 0 aliphatic rings. The van der Waals surface area contributed by atoms with E-state index in [1.807, 2.05) is 20.8 Å². The molecule has 1 atom stereocenters. The largest absolute Gasteiger partial charge is 0.478 e. The van der Waals surface area contributed by atoms with Crippen LogP contribution in [0.25, 0.3) is 0 Å². The maximum atomic E-state index is 11.9. The summed E-state index contributed by atoms with van der Waals surface area (Å²) in [5.74, 6) is -1.26. The topological polar surface area (TPSA) is 104 Å². The van der Waals surface area contributed by atoms with Gasteiger partial charge in [-0.05, 0) is 45.9 Å². The van der Waals surface area contributed by atoms with Crippen molar-refractivity contribution in [1.82, 2.24) is 5.32 Å². The highest BCUT2D eigenvalue weighted by atomic mass is 16.4. The number of nitrogen functional groups attached to an aromatic ring is 1. The molecular formula is C14H21N3O3. The van der Waals surface area contributed by atoms with Crippen LogP contribution in [-0.2, 0) is 4.79 Å². The van der Waals surface area contributed by atoms with Gasteiger partial charge in [-0.1, -0.05) is 0 Å². The maximum absolute atomic E-state index is 11.9. The fraction of sp³-hybridized carbons (Fsp3) is 0.429. The van der Waals surface area contributed by atoms with Crippen molar-refractivity contribution in [1.29, 1.82) is 0 Å². The number of aromatic carboxylic acids is 1. The third kappa shape index (κ3) is 4.46. The Morgan fingerprint density at radius 2 is 1.90 bits per heavy atom. The van der Waals surface area contributed by atoms with Gasteiger partial charge in [-0.3, -0.25) is 4.79 Å². The monoisotopic (exact) mass is 279 g/mol. The number of hydrogen-bond acceptors (Lipinski definition) is 4. The number of anilines is 2. The van der Waals surface area contributed by atoms with E-state index in [0.717, 1.165) is 0 Å². The molecule has 1 amide bonds. The molecule has 0 radical (unpaired) electrons. The van der Waals surface area contributed by atoms with Gasteiger partial charge in [-0.15, -0.1) is 0 Å². The van der Waals surface area contributed by atoms with Crippen LogP contribution in [0.5, 0.6) is 0 Å². The van der Waals surface area contributed by atoms with E-state index in [1.54, 1.807) is 13.0 Å². The Kier molecular flexibility index (Phi) is 4.60. The highest BCUT2D eigenvalue weighted by Crippen LogP contribution is 2.18. The first kappa shape index (κ1) is 15.8. The van der Waals surface area contributed by atoms with Crippen molar-refractivity contribution in [3.63, 3.8) is 0 Å².